The van der Waals surface area contributed by atoms with Crippen molar-refractivity contribution in [1.82, 2.24) is 25.5 Å². The van der Waals surface area contributed by atoms with Gasteiger partial charge in [-0.1, -0.05) is 6.07 Å². The Morgan fingerprint density at radius 2 is 2.31 bits per heavy atom. The molecule has 0 saturated carbocycles. The Labute approximate surface area is 94.3 Å². The van der Waals surface area contributed by atoms with E-state index in [0.29, 0.717) is 0 Å². The van der Waals surface area contributed by atoms with Crippen LogP contribution >= 0.6 is 0 Å². The van der Waals surface area contributed by atoms with Crippen molar-refractivity contribution in [3.05, 3.63) is 41.7 Å². The van der Waals surface area contributed by atoms with Crippen LogP contribution in [0.4, 0.5) is 0 Å². The highest BCUT2D eigenvalue weighted by molar-refractivity contribution is 5.02. The molecule has 2 rings (SSSR count). The average Bonchev–Trinajstić information content (AvgIpc) is 2.72. The minimum atomic E-state index is 0.782. The largest absolute Gasteiger partial charge is 0.311 e. The van der Waals surface area contributed by atoms with E-state index in [-0.39, 0.29) is 0 Å². The molecule has 0 saturated heterocycles. The van der Waals surface area contributed by atoms with Gasteiger partial charge in [0, 0.05) is 25.7 Å². The van der Waals surface area contributed by atoms with Crippen LogP contribution in [0, 0.1) is 6.92 Å². The molecule has 0 radical (unpaired) electrons. The highest BCUT2D eigenvalue weighted by Crippen LogP contribution is 1.93. The second kappa shape index (κ2) is 5.37. The minimum Gasteiger partial charge on any atom is -0.311 e. The lowest BCUT2D eigenvalue weighted by atomic mass is 10.3. The first-order valence-corrected chi connectivity index (χ1v) is 5.33. The average molecular weight is 217 g/mol. The number of aromatic nitrogens is 4. The summed E-state index contributed by atoms with van der Waals surface area (Å²) in [6.45, 7) is 3.54. The Kier molecular flexibility index (Phi) is 3.61. The standard InChI is InChI=1S/C11H15N5/c1-9-14-11(16-15-9)5-7-12-8-10-4-2-3-6-13-10/h2-4,6,12H,5,7-8H2,1H3,(H,14,15,16). The number of aromatic amines is 1. The van der Waals surface area contributed by atoms with Crippen molar-refractivity contribution >= 4 is 0 Å². The van der Waals surface area contributed by atoms with Crippen molar-refractivity contribution in [2.24, 2.45) is 0 Å². The fourth-order valence-corrected chi connectivity index (χ4v) is 1.42. The van der Waals surface area contributed by atoms with Gasteiger partial charge in [-0.05, 0) is 19.1 Å². The number of H-pyrrole nitrogens is 1. The predicted octanol–water partition coefficient (Wildman–Crippen LogP) is 0.840. The number of hydrogen-bond donors (Lipinski definition) is 2. The lowest BCUT2D eigenvalue weighted by molar-refractivity contribution is 0.661. The van der Waals surface area contributed by atoms with E-state index in [2.05, 4.69) is 25.5 Å². The molecule has 0 fully saturated rings. The first-order chi connectivity index (χ1) is 7.84. The van der Waals surface area contributed by atoms with Crippen LogP contribution in [0.25, 0.3) is 0 Å². The van der Waals surface area contributed by atoms with Crippen LogP contribution in [0.3, 0.4) is 0 Å². The number of pyridine rings is 1. The highest BCUT2D eigenvalue weighted by Gasteiger charge is 1.99. The van der Waals surface area contributed by atoms with Crippen LogP contribution in [-0.2, 0) is 13.0 Å². The first-order valence-electron chi connectivity index (χ1n) is 5.33. The fourth-order valence-electron chi connectivity index (χ4n) is 1.42. The van der Waals surface area contributed by atoms with Gasteiger partial charge >= 0.3 is 0 Å². The molecule has 2 heterocycles. The highest BCUT2D eigenvalue weighted by atomic mass is 15.2. The predicted molar refractivity (Wildman–Crippen MR) is 60.8 cm³/mol. The second-order valence-corrected chi connectivity index (χ2v) is 3.58. The van der Waals surface area contributed by atoms with Crippen LogP contribution < -0.4 is 5.32 Å². The third-order valence-corrected chi connectivity index (χ3v) is 2.20. The van der Waals surface area contributed by atoms with Gasteiger partial charge in [0.2, 0.25) is 0 Å². The summed E-state index contributed by atoms with van der Waals surface area (Å²) in [7, 11) is 0. The van der Waals surface area contributed by atoms with Gasteiger partial charge < -0.3 is 5.32 Å². The van der Waals surface area contributed by atoms with Crippen LogP contribution in [0.5, 0.6) is 0 Å². The molecule has 0 bridgehead atoms. The van der Waals surface area contributed by atoms with Gasteiger partial charge in [-0.3, -0.25) is 10.1 Å². The van der Waals surface area contributed by atoms with E-state index in [1.807, 2.05) is 25.1 Å². The molecule has 0 atom stereocenters. The first kappa shape index (κ1) is 10.8. The third-order valence-electron chi connectivity index (χ3n) is 2.20. The van der Waals surface area contributed by atoms with Crippen LogP contribution in [0.15, 0.2) is 24.4 Å². The fraction of sp³-hybridized carbons (Fsp3) is 0.364. The Morgan fingerprint density at radius 3 is 3.00 bits per heavy atom. The van der Waals surface area contributed by atoms with Gasteiger partial charge in [0.05, 0.1) is 5.69 Å². The molecule has 0 aliphatic rings. The molecule has 0 aromatic carbocycles. The molecule has 5 nitrogen and oxygen atoms in total. The zero-order valence-corrected chi connectivity index (χ0v) is 9.27. The minimum absolute atomic E-state index is 0.782. The summed E-state index contributed by atoms with van der Waals surface area (Å²) in [4.78, 5) is 8.46. The number of aryl methyl sites for hydroxylation is 1. The van der Waals surface area contributed by atoms with Gasteiger partial charge in [-0.2, -0.15) is 5.10 Å². The maximum atomic E-state index is 4.23. The van der Waals surface area contributed by atoms with Crippen molar-refractivity contribution in [3.8, 4) is 0 Å². The van der Waals surface area contributed by atoms with Crippen molar-refractivity contribution in [3.63, 3.8) is 0 Å². The molecule has 0 spiro atoms. The van der Waals surface area contributed by atoms with E-state index in [0.717, 1.165) is 36.9 Å². The molecule has 0 aliphatic carbocycles. The summed E-state index contributed by atoms with van der Waals surface area (Å²) in [5, 5.41) is 10.2. The summed E-state index contributed by atoms with van der Waals surface area (Å²) in [6, 6.07) is 5.91. The molecule has 2 N–H and O–H groups in total. The molecule has 0 amide bonds. The molecule has 5 heteroatoms. The molecule has 2 aromatic rings. The number of nitrogens with one attached hydrogen (secondary N) is 2. The molecule has 0 aliphatic heterocycles. The second-order valence-electron chi connectivity index (χ2n) is 3.58. The quantitative estimate of drug-likeness (QED) is 0.728. The van der Waals surface area contributed by atoms with Crippen molar-refractivity contribution in [2.75, 3.05) is 6.54 Å². The van der Waals surface area contributed by atoms with E-state index in [1.54, 1.807) is 6.20 Å². The van der Waals surface area contributed by atoms with E-state index in [9.17, 15) is 0 Å². The summed E-state index contributed by atoms with van der Waals surface area (Å²) in [6.07, 6.45) is 2.63. The summed E-state index contributed by atoms with van der Waals surface area (Å²) < 4.78 is 0. The van der Waals surface area contributed by atoms with E-state index >= 15 is 0 Å². The Balaban J connectivity index is 1.69. The summed E-state index contributed by atoms with van der Waals surface area (Å²) in [5.74, 6) is 1.71. The number of hydrogen-bond acceptors (Lipinski definition) is 4. The third kappa shape index (κ3) is 3.13. The van der Waals surface area contributed by atoms with Gasteiger partial charge in [-0.15, -0.1) is 0 Å². The topological polar surface area (TPSA) is 66.5 Å². The van der Waals surface area contributed by atoms with Gasteiger partial charge in [0.25, 0.3) is 0 Å². The van der Waals surface area contributed by atoms with Crippen LogP contribution in [0.1, 0.15) is 17.3 Å². The Morgan fingerprint density at radius 1 is 1.38 bits per heavy atom. The molecule has 84 valence electrons. The zero-order valence-electron chi connectivity index (χ0n) is 9.27. The summed E-state index contributed by atoms with van der Waals surface area (Å²) in [5.41, 5.74) is 1.05. The monoisotopic (exact) mass is 217 g/mol. The molecular formula is C11H15N5. The van der Waals surface area contributed by atoms with Gasteiger partial charge in [-0.25, -0.2) is 4.98 Å². The van der Waals surface area contributed by atoms with Gasteiger partial charge in [0.1, 0.15) is 5.82 Å². The lowest BCUT2D eigenvalue weighted by Crippen LogP contribution is -2.17. The van der Waals surface area contributed by atoms with Crippen LogP contribution in [0.2, 0.25) is 0 Å². The Bertz CT molecular complexity index is 423. The SMILES string of the molecule is Cc1nc(CCNCc2ccccn2)n[nH]1. The van der Waals surface area contributed by atoms with Crippen molar-refractivity contribution in [1.29, 1.82) is 0 Å². The zero-order chi connectivity index (χ0) is 11.2. The van der Waals surface area contributed by atoms with Crippen LogP contribution in [-0.4, -0.2) is 26.7 Å². The lowest BCUT2D eigenvalue weighted by Gasteiger charge is -2.01. The molecular weight excluding hydrogens is 202 g/mol. The van der Waals surface area contributed by atoms with E-state index in [4.69, 9.17) is 0 Å². The molecule has 16 heavy (non-hydrogen) atoms. The number of nitrogens with zero attached hydrogens (tertiary/aromatic N) is 3. The molecule has 0 unspecified atom stereocenters. The van der Waals surface area contributed by atoms with E-state index < -0.39 is 0 Å². The smallest absolute Gasteiger partial charge is 0.151 e. The van der Waals surface area contributed by atoms with Gasteiger partial charge in [0.15, 0.2) is 5.82 Å². The normalized spacial score (nSPS) is 10.6. The maximum absolute atomic E-state index is 4.23. The van der Waals surface area contributed by atoms with E-state index in [1.165, 1.54) is 0 Å². The van der Waals surface area contributed by atoms with Crippen molar-refractivity contribution in [2.45, 2.75) is 19.9 Å². The number of rotatable bonds is 5. The summed E-state index contributed by atoms with van der Waals surface area (Å²) >= 11 is 0. The Hall–Kier alpha value is -1.75. The maximum Gasteiger partial charge on any atom is 0.151 e. The van der Waals surface area contributed by atoms with Crippen molar-refractivity contribution < 1.29 is 0 Å². The molecule has 2 aromatic heterocycles.